The minimum Gasteiger partial charge on any atom is -0.456 e. The summed E-state index contributed by atoms with van der Waals surface area (Å²) in [6, 6.07) is 49.2. The van der Waals surface area contributed by atoms with Crippen LogP contribution in [0.5, 0.6) is 11.5 Å². The van der Waals surface area contributed by atoms with Crippen LogP contribution in [0.15, 0.2) is 192 Å². The number of hydrogen-bond acceptors (Lipinski definition) is 18. The van der Waals surface area contributed by atoms with Crippen LogP contribution in [0.4, 0.5) is 40.1 Å². The largest absolute Gasteiger partial charge is 0.456 e. The number of anilines is 2. The average Bonchev–Trinajstić information content (AvgIpc) is 1.62. The van der Waals surface area contributed by atoms with Gasteiger partial charge in [0.25, 0.3) is 0 Å². The molecule has 3 atom stereocenters. The van der Waals surface area contributed by atoms with E-state index in [0.29, 0.717) is 38.9 Å². The van der Waals surface area contributed by atoms with Crippen LogP contribution >= 0.6 is 12.8 Å². The van der Waals surface area contributed by atoms with E-state index in [1.54, 1.807) is 186 Å². The third-order valence-electron chi connectivity index (χ3n) is 14.9. The second-order valence-electron chi connectivity index (χ2n) is 24.2. The van der Waals surface area contributed by atoms with Crippen molar-refractivity contribution in [2.75, 3.05) is 23.7 Å². The predicted molar refractivity (Wildman–Crippen MR) is 373 cm³/mol. The fraction of sp³-hybridized carbons (Fsp3) is 0.274. The van der Waals surface area contributed by atoms with Crippen molar-refractivity contribution in [1.82, 2.24) is 30.9 Å². The molecule has 0 saturated carbocycles. The normalized spacial score (nSPS) is 14.1. The highest BCUT2D eigenvalue weighted by atomic mass is 32.1. The molecule has 1 spiro atoms. The van der Waals surface area contributed by atoms with Gasteiger partial charge in [0, 0.05) is 53.3 Å². The molecule has 526 valence electrons. The van der Waals surface area contributed by atoms with E-state index in [4.69, 9.17) is 37.9 Å². The Balaban J connectivity index is 0.916. The van der Waals surface area contributed by atoms with E-state index in [2.05, 4.69) is 60.0 Å². The Morgan fingerprint density at radius 3 is 1.50 bits per heavy atom. The molecule has 27 nitrogen and oxygen atoms in total. The molecule has 0 aliphatic carbocycles. The van der Waals surface area contributed by atoms with Crippen molar-refractivity contribution in [3.63, 3.8) is 0 Å². The number of guanidine groups is 2. The third-order valence-corrected chi connectivity index (χ3v) is 15.3. The number of hydrogen-bond donors (Lipinski definition) is 8. The topological polar surface area (TPSA) is 340 Å². The number of nitrogens with one attached hydrogen (secondary N) is 7. The Hall–Kier alpha value is -11.9. The molecule has 0 radical (unpaired) electrons. The van der Waals surface area contributed by atoms with Crippen molar-refractivity contribution in [2.45, 2.75) is 116 Å². The molecule has 9 rings (SSSR count). The number of aliphatic imine (C=N–C) groups is 2. The molecule has 101 heavy (non-hydrogen) atoms. The summed E-state index contributed by atoms with van der Waals surface area (Å²) in [6.07, 6.45) is -6.27. The summed E-state index contributed by atoms with van der Waals surface area (Å²) in [6.45, 7) is 7.74. The molecule has 1 unspecified atom stereocenters. The fourth-order valence-electron chi connectivity index (χ4n) is 10.4. The van der Waals surface area contributed by atoms with Gasteiger partial charge in [-0.1, -0.05) is 152 Å². The first-order valence-corrected chi connectivity index (χ1v) is 32.6. The van der Waals surface area contributed by atoms with Crippen LogP contribution in [0.3, 0.4) is 0 Å². The molecule has 2 aliphatic heterocycles. The summed E-state index contributed by atoms with van der Waals surface area (Å²) >= 11 is 4.54. The Labute approximate surface area is 587 Å². The van der Waals surface area contributed by atoms with Gasteiger partial charge in [0.05, 0.1) is 11.7 Å². The zero-order chi connectivity index (χ0) is 71.9. The van der Waals surface area contributed by atoms with E-state index in [1.165, 1.54) is 12.1 Å². The van der Waals surface area contributed by atoms with E-state index in [0.717, 1.165) is 4.31 Å². The minimum atomic E-state index is -1.62. The molecule has 2 heterocycles. The second-order valence-corrected chi connectivity index (χ2v) is 24.6. The molecule has 7 N–H and O–H groups in total. The average molecular weight is 1400 g/mol. The molecule has 0 fully saturated rings. The Bertz CT molecular complexity index is 4100. The van der Waals surface area contributed by atoms with E-state index in [-0.39, 0.29) is 106 Å². The number of rotatable bonds is 23. The Morgan fingerprint density at radius 2 is 0.990 bits per heavy atom. The first kappa shape index (κ1) is 73.3. The summed E-state index contributed by atoms with van der Waals surface area (Å²) in [5.74, 6) is -2.48. The lowest BCUT2D eigenvalue weighted by molar-refractivity contribution is -0.119. The first-order chi connectivity index (χ1) is 48.6. The highest BCUT2D eigenvalue weighted by Gasteiger charge is 2.53. The van der Waals surface area contributed by atoms with Gasteiger partial charge in [0.1, 0.15) is 55.6 Å². The zero-order valence-electron chi connectivity index (χ0n) is 55.9. The van der Waals surface area contributed by atoms with Gasteiger partial charge in [-0.05, 0) is 113 Å². The summed E-state index contributed by atoms with van der Waals surface area (Å²) in [4.78, 5) is 130. The van der Waals surface area contributed by atoms with Gasteiger partial charge >= 0.3 is 42.5 Å². The zero-order valence-corrected chi connectivity index (χ0v) is 56.7. The lowest BCUT2D eigenvalue weighted by Crippen LogP contribution is -2.46. The van der Waals surface area contributed by atoms with Crippen LogP contribution in [0.2, 0.25) is 0 Å². The predicted octanol–water partition coefficient (Wildman–Crippen LogP) is 12.1. The first-order valence-electron chi connectivity index (χ1n) is 32.2. The number of carbonyl (C=O) groups excluding carboxylic acids is 9. The molecular formula is C73H76N10O17S. The molecule has 2 aliphatic rings. The third kappa shape index (κ3) is 21.5. The number of fused-ring (bicyclic) bond motifs is 6. The van der Waals surface area contributed by atoms with Crippen LogP contribution in [0, 0.1) is 0 Å². The van der Waals surface area contributed by atoms with Crippen molar-refractivity contribution < 1.29 is 81.0 Å². The van der Waals surface area contributed by atoms with Crippen LogP contribution in [0.25, 0.3) is 0 Å². The van der Waals surface area contributed by atoms with Gasteiger partial charge in [-0.25, -0.2) is 33.6 Å². The SMILES string of the molecule is CC(C)OC(=O)N[C@@H](CCCN(S)/C(=N/C(=O)OCc1ccccc1)NC(=O)OCc1ccccc1)C(=O)Nc1ccc2c(c1)Oc1cc(NC(=O)[C@H](CCCN/C(=N/C(=O)OCc3ccccc3)NC(=O)OCc3ccccc3)NC(=O)OC(C)(C)C)ccc1C21OC(=O)c2ccccc21. The van der Waals surface area contributed by atoms with E-state index < -0.39 is 83.7 Å². The highest BCUT2D eigenvalue weighted by molar-refractivity contribution is 7.78. The number of carbonyl (C=O) groups is 9. The monoisotopic (exact) mass is 1400 g/mol. The summed E-state index contributed by atoms with van der Waals surface area (Å²) < 4.78 is 46.5. The Morgan fingerprint density at radius 1 is 0.535 bits per heavy atom. The van der Waals surface area contributed by atoms with Crippen LogP contribution in [-0.4, -0.2) is 107 Å². The van der Waals surface area contributed by atoms with Gasteiger partial charge in [-0.3, -0.25) is 24.5 Å². The van der Waals surface area contributed by atoms with Crippen molar-refractivity contribution >= 4 is 90.5 Å². The summed E-state index contributed by atoms with van der Waals surface area (Å²) in [5.41, 5.74) is 2.02. The van der Waals surface area contributed by atoms with Crippen molar-refractivity contribution in [3.8, 4) is 11.5 Å². The molecule has 28 heteroatoms. The molecule has 0 aromatic heterocycles. The molecule has 0 saturated heterocycles. The number of alkyl carbamates (subject to hydrolysis) is 4. The fourth-order valence-corrected chi connectivity index (χ4v) is 10.6. The number of benzene rings is 7. The lowest BCUT2D eigenvalue weighted by atomic mass is 9.77. The second kappa shape index (κ2) is 35.0. The number of nitrogens with zero attached hydrogens (tertiary/aromatic N) is 3. The van der Waals surface area contributed by atoms with E-state index in [9.17, 15) is 43.2 Å². The quantitative estimate of drug-likeness (QED) is 0.00736. The van der Waals surface area contributed by atoms with Crippen LogP contribution in [-0.2, 0) is 74.8 Å². The number of thiol groups is 1. The minimum absolute atomic E-state index is 0.0144. The molecule has 0 bridgehead atoms. The molecular weight excluding hydrogens is 1320 g/mol. The number of amides is 8. The van der Waals surface area contributed by atoms with Gasteiger partial charge in [0.15, 0.2) is 5.60 Å². The summed E-state index contributed by atoms with van der Waals surface area (Å²) in [7, 11) is 0. The molecule has 8 amide bonds. The van der Waals surface area contributed by atoms with Gasteiger partial charge in [-0.15, -0.1) is 9.98 Å². The van der Waals surface area contributed by atoms with E-state index >= 15 is 0 Å². The van der Waals surface area contributed by atoms with Crippen LogP contribution in [0.1, 0.15) is 110 Å². The molecule has 7 aromatic rings. The smallest absolute Gasteiger partial charge is 0.437 e. The summed E-state index contributed by atoms with van der Waals surface area (Å²) in [5, 5.41) is 18.7. The maximum atomic E-state index is 14.5. The maximum absolute atomic E-state index is 14.5. The standard InChI is InChI=1S/C73H76N10O17S/c1-46(2)97-70(91)77-58(33-21-39-83(101)65(81-68(89)95-44-49-26-14-8-15-27-49)82-69(90)96-45-50-28-16-9-17-29-50)62(85)76-52-35-37-56-60(41-52)98-59-40-51(34-36-55(59)73(56)54-31-19-18-30-53(54)63(86)99-73)75-61(84)57(78-71(92)100-72(3,4)5)32-20-38-74-64(79-66(87)93-42-47-22-10-6-11-23-47)80-67(88)94-43-48-24-12-7-13-25-48/h6-19,22-31,34-37,40-41,46,57-58,101H,20-21,32-33,38-39,42-45H2,1-5H3,(H,75,84)(H,76,85)(H,77,91)(H,78,92)(H,81,82,89,90)(H2,74,79,80,87,88)/t57-,58-,73?/m0/s1. The Kier molecular flexibility index (Phi) is 25.4. The van der Waals surface area contributed by atoms with Crippen molar-refractivity contribution in [3.05, 3.63) is 226 Å². The van der Waals surface area contributed by atoms with Crippen molar-refractivity contribution in [1.29, 1.82) is 0 Å². The number of ether oxygens (including phenoxy) is 8. The van der Waals surface area contributed by atoms with Gasteiger partial charge < -0.3 is 64.5 Å². The highest BCUT2D eigenvalue weighted by Crippen LogP contribution is 2.57. The van der Waals surface area contributed by atoms with Crippen molar-refractivity contribution in [2.24, 2.45) is 9.98 Å². The van der Waals surface area contributed by atoms with E-state index in [1.807, 2.05) is 18.2 Å². The van der Waals surface area contributed by atoms with Gasteiger partial charge in [0.2, 0.25) is 23.7 Å². The lowest BCUT2D eigenvalue weighted by Gasteiger charge is -2.37. The maximum Gasteiger partial charge on any atom is 0.437 e. The van der Waals surface area contributed by atoms with Gasteiger partial charge in [-0.2, -0.15) is 0 Å². The number of esters is 1. The van der Waals surface area contributed by atoms with Crippen LogP contribution < -0.4 is 42.0 Å². The molecule has 7 aromatic carbocycles.